The fourth-order valence-corrected chi connectivity index (χ4v) is 4.29. The maximum atomic E-state index is 13.4. The Morgan fingerprint density at radius 1 is 1.19 bits per heavy atom. The number of imidazole rings is 1. The molecule has 6 heteroatoms. The summed E-state index contributed by atoms with van der Waals surface area (Å²) in [6.45, 7) is 6.57. The molecule has 2 heterocycles. The van der Waals surface area contributed by atoms with Crippen molar-refractivity contribution in [3.8, 4) is 11.4 Å². The average molecular weight is 434 g/mol. The Morgan fingerprint density at radius 3 is 2.59 bits per heavy atom. The summed E-state index contributed by atoms with van der Waals surface area (Å²) in [5.74, 6) is 0.603. The van der Waals surface area contributed by atoms with E-state index in [0.717, 1.165) is 34.5 Å². The van der Waals surface area contributed by atoms with Crippen LogP contribution in [0.4, 0.5) is 4.39 Å². The number of hydrogen-bond donors (Lipinski definition) is 0. The number of amides is 1. The van der Waals surface area contributed by atoms with Gasteiger partial charge in [-0.1, -0.05) is 25.1 Å². The first-order valence-electron chi connectivity index (χ1n) is 10.8. The molecule has 3 aromatic rings. The van der Waals surface area contributed by atoms with E-state index in [1.807, 2.05) is 46.9 Å². The third-order valence-corrected chi connectivity index (χ3v) is 6.05. The molecule has 2 atom stereocenters. The lowest BCUT2D eigenvalue weighted by Gasteiger charge is -2.38. The number of hydrogen-bond acceptors (Lipinski definition) is 3. The van der Waals surface area contributed by atoms with Crippen molar-refractivity contribution in [1.29, 1.82) is 0 Å². The van der Waals surface area contributed by atoms with Crippen LogP contribution in [0.5, 0.6) is 5.75 Å². The highest BCUT2D eigenvalue weighted by Crippen LogP contribution is 2.32. The van der Waals surface area contributed by atoms with Gasteiger partial charge in [0.15, 0.2) is 0 Å². The number of nitrogens with zero attached hydrogens (tertiary/aromatic N) is 3. The zero-order valence-electron chi connectivity index (χ0n) is 18.9. The minimum absolute atomic E-state index is 0.0221. The number of piperidine rings is 1. The molecule has 0 bridgehead atoms. The van der Waals surface area contributed by atoms with E-state index in [-0.39, 0.29) is 23.7 Å². The normalized spacial score (nSPS) is 20.1. The zero-order valence-corrected chi connectivity index (χ0v) is 18.9. The van der Waals surface area contributed by atoms with Gasteiger partial charge in [0, 0.05) is 24.4 Å². The maximum absolute atomic E-state index is 13.4. The van der Waals surface area contributed by atoms with E-state index in [1.54, 1.807) is 25.6 Å². The summed E-state index contributed by atoms with van der Waals surface area (Å²) >= 11 is 0. The number of rotatable bonds is 5. The predicted molar refractivity (Wildman–Crippen MR) is 123 cm³/mol. The summed E-state index contributed by atoms with van der Waals surface area (Å²) in [7, 11) is 1.64. The van der Waals surface area contributed by atoms with Gasteiger partial charge in [0.05, 0.1) is 24.8 Å². The van der Waals surface area contributed by atoms with E-state index in [0.29, 0.717) is 12.3 Å². The van der Waals surface area contributed by atoms with Crippen molar-refractivity contribution >= 4 is 12.0 Å². The first-order chi connectivity index (χ1) is 15.4. The first kappa shape index (κ1) is 21.8. The highest BCUT2D eigenvalue weighted by molar-refractivity contribution is 5.99. The summed E-state index contributed by atoms with van der Waals surface area (Å²) < 4.78 is 20.8. The molecule has 0 N–H and O–H groups in total. The summed E-state index contributed by atoms with van der Waals surface area (Å²) in [5, 5.41) is 0. The molecule has 1 aliphatic heterocycles. The number of carbonyl (C=O) groups excluding carboxylic acids is 1. The largest absolute Gasteiger partial charge is 0.495 e. The lowest BCUT2D eigenvalue weighted by Crippen LogP contribution is -2.45. The summed E-state index contributed by atoms with van der Waals surface area (Å²) in [6.07, 6.45) is 6.54. The van der Waals surface area contributed by atoms with Crippen molar-refractivity contribution < 1.29 is 13.9 Å². The molecule has 0 radical (unpaired) electrons. The zero-order chi connectivity index (χ0) is 22.8. The van der Waals surface area contributed by atoms with Crippen molar-refractivity contribution in [3.63, 3.8) is 0 Å². The smallest absolute Gasteiger partial charge is 0.250 e. The van der Waals surface area contributed by atoms with E-state index in [9.17, 15) is 9.18 Å². The Morgan fingerprint density at radius 2 is 1.94 bits per heavy atom. The molecule has 5 nitrogen and oxygen atoms in total. The van der Waals surface area contributed by atoms with E-state index >= 15 is 0 Å². The van der Waals surface area contributed by atoms with Crippen LogP contribution in [-0.4, -0.2) is 33.5 Å². The van der Waals surface area contributed by atoms with E-state index in [4.69, 9.17) is 4.74 Å². The summed E-state index contributed by atoms with van der Waals surface area (Å²) in [5.41, 5.74) is 4.43. The summed E-state index contributed by atoms with van der Waals surface area (Å²) in [6, 6.07) is 12.4. The lowest BCUT2D eigenvalue weighted by atomic mass is 9.86. The van der Waals surface area contributed by atoms with Gasteiger partial charge in [-0.25, -0.2) is 9.37 Å². The van der Waals surface area contributed by atoms with Crippen molar-refractivity contribution in [2.75, 3.05) is 7.11 Å². The van der Waals surface area contributed by atoms with Crippen LogP contribution in [0.3, 0.4) is 0 Å². The quantitative estimate of drug-likeness (QED) is 0.522. The van der Waals surface area contributed by atoms with E-state index in [2.05, 4.69) is 18.8 Å². The average Bonchev–Trinajstić information content (AvgIpc) is 3.21. The van der Waals surface area contributed by atoms with Gasteiger partial charge in [0.25, 0.3) is 5.91 Å². The Kier molecular flexibility index (Phi) is 6.12. The van der Waals surface area contributed by atoms with Gasteiger partial charge in [-0.2, -0.15) is 0 Å². The molecule has 0 saturated carbocycles. The molecule has 1 saturated heterocycles. The second-order valence-corrected chi connectivity index (χ2v) is 8.50. The molecular formula is C26H28FN3O2. The molecule has 1 aromatic heterocycles. The molecule has 2 aromatic carbocycles. The van der Waals surface area contributed by atoms with Gasteiger partial charge in [-0.15, -0.1) is 0 Å². The van der Waals surface area contributed by atoms with Gasteiger partial charge in [-0.05, 0) is 67.7 Å². The van der Waals surface area contributed by atoms with Crippen LogP contribution in [0.15, 0.2) is 60.6 Å². The van der Waals surface area contributed by atoms with Gasteiger partial charge >= 0.3 is 0 Å². The van der Waals surface area contributed by atoms with Crippen LogP contribution < -0.4 is 4.74 Å². The number of methoxy groups -OCH3 is 1. The van der Waals surface area contributed by atoms with Gasteiger partial charge in [0.2, 0.25) is 0 Å². The van der Waals surface area contributed by atoms with Crippen LogP contribution >= 0.6 is 0 Å². The number of carbonyl (C=O) groups is 1. The molecule has 1 amide bonds. The Labute approximate surface area is 188 Å². The number of ether oxygens (including phenoxy) is 1. The molecule has 4 rings (SSSR count). The van der Waals surface area contributed by atoms with Gasteiger partial charge in [-0.3, -0.25) is 4.79 Å². The lowest BCUT2D eigenvalue weighted by molar-refractivity contribution is -0.132. The molecule has 1 aliphatic rings. The molecule has 32 heavy (non-hydrogen) atoms. The minimum Gasteiger partial charge on any atom is -0.495 e. The molecule has 0 unspecified atom stereocenters. The Hall–Kier alpha value is -3.41. The van der Waals surface area contributed by atoms with Crippen molar-refractivity contribution in [3.05, 3.63) is 83.2 Å². The SMILES string of the molecule is COc1cc(C=C2C(=O)N(Cc3ccc(F)cc3)[C@@H](C)C[C@H]2C)ccc1-n1cnc(C)c1. The van der Waals surface area contributed by atoms with Crippen LogP contribution in [0, 0.1) is 18.7 Å². The maximum Gasteiger partial charge on any atom is 0.250 e. The predicted octanol–water partition coefficient (Wildman–Crippen LogP) is 5.17. The second kappa shape index (κ2) is 8.99. The van der Waals surface area contributed by atoms with Gasteiger partial charge < -0.3 is 14.2 Å². The van der Waals surface area contributed by atoms with Crippen LogP contribution in [0.25, 0.3) is 11.8 Å². The first-order valence-corrected chi connectivity index (χ1v) is 10.8. The van der Waals surface area contributed by atoms with Crippen molar-refractivity contribution in [2.45, 2.75) is 39.8 Å². The van der Waals surface area contributed by atoms with Crippen LogP contribution in [0.2, 0.25) is 0 Å². The second-order valence-electron chi connectivity index (χ2n) is 8.50. The fourth-order valence-electron chi connectivity index (χ4n) is 4.29. The van der Waals surface area contributed by atoms with Crippen LogP contribution in [-0.2, 0) is 11.3 Å². The topological polar surface area (TPSA) is 47.4 Å². The minimum atomic E-state index is -0.274. The third kappa shape index (κ3) is 4.44. The summed E-state index contributed by atoms with van der Waals surface area (Å²) in [4.78, 5) is 19.6. The number of aromatic nitrogens is 2. The van der Waals surface area contributed by atoms with Crippen molar-refractivity contribution in [2.24, 2.45) is 5.92 Å². The fraction of sp³-hybridized carbons (Fsp3) is 0.308. The third-order valence-electron chi connectivity index (χ3n) is 6.05. The highest BCUT2D eigenvalue weighted by atomic mass is 19.1. The monoisotopic (exact) mass is 433 g/mol. The van der Waals surface area contributed by atoms with E-state index < -0.39 is 0 Å². The molecule has 166 valence electrons. The number of likely N-dealkylation sites (tertiary alicyclic amines) is 1. The molecule has 1 fully saturated rings. The Balaban J connectivity index is 1.63. The molecular weight excluding hydrogens is 405 g/mol. The van der Waals surface area contributed by atoms with E-state index in [1.165, 1.54) is 12.1 Å². The Bertz CT molecular complexity index is 1150. The molecule has 0 spiro atoms. The van der Waals surface area contributed by atoms with Crippen LogP contribution in [0.1, 0.15) is 37.1 Å². The van der Waals surface area contributed by atoms with Crippen molar-refractivity contribution in [1.82, 2.24) is 14.5 Å². The van der Waals surface area contributed by atoms with Gasteiger partial charge in [0.1, 0.15) is 11.6 Å². The highest BCUT2D eigenvalue weighted by Gasteiger charge is 2.33. The number of benzene rings is 2. The number of aryl methyl sites for hydroxylation is 1. The number of halogens is 1. The standard InChI is InChI=1S/C26H28FN3O2/c1-17-11-19(3)30(15-20-5-8-22(27)9-6-20)26(31)23(17)12-21-7-10-24(25(13-21)32-4)29-14-18(2)28-16-29/h5-10,12-14,16-17,19H,11,15H2,1-4H3/t17-,19+/m1/s1. The molecule has 0 aliphatic carbocycles.